The second-order valence-corrected chi connectivity index (χ2v) is 7.44. The van der Waals surface area contributed by atoms with Crippen LogP contribution in [0.15, 0.2) is 70.6 Å². The zero-order chi connectivity index (χ0) is 24.1. The van der Waals surface area contributed by atoms with Crippen molar-refractivity contribution in [1.82, 2.24) is 24.4 Å². The number of hydrogen-bond acceptors (Lipinski definition) is 7. The maximum Gasteiger partial charge on any atom is 0.318 e. The summed E-state index contributed by atoms with van der Waals surface area (Å²) in [4.78, 5) is 46.9. The number of nitrogens with one attached hydrogen (secondary N) is 1. The number of fused-ring (bicyclic) bond motifs is 1. The van der Waals surface area contributed by atoms with Gasteiger partial charge in [0.15, 0.2) is 5.65 Å². The number of hydrogen-bond donors (Lipinski definition) is 1. The van der Waals surface area contributed by atoms with E-state index in [0.717, 1.165) is 15.7 Å². The van der Waals surface area contributed by atoms with Crippen LogP contribution in [0.2, 0.25) is 0 Å². The van der Waals surface area contributed by atoms with E-state index in [9.17, 15) is 14.4 Å². The molecule has 10 nitrogen and oxygen atoms in total. The van der Waals surface area contributed by atoms with Crippen LogP contribution in [0.3, 0.4) is 0 Å². The number of methoxy groups -OCH3 is 2. The van der Waals surface area contributed by atoms with Crippen LogP contribution in [0, 0.1) is 0 Å². The van der Waals surface area contributed by atoms with Gasteiger partial charge in [-0.3, -0.25) is 28.5 Å². The van der Waals surface area contributed by atoms with Crippen molar-refractivity contribution in [2.24, 2.45) is 0 Å². The topological polar surface area (TPSA) is 117 Å². The number of carbonyl (C=O) groups is 1. The Hall–Kier alpha value is -4.47. The second-order valence-electron chi connectivity index (χ2n) is 7.44. The molecule has 3 aromatic heterocycles. The van der Waals surface area contributed by atoms with Gasteiger partial charge in [0.05, 0.1) is 26.3 Å². The first-order valence-corrected chi connectivity index (χ1v) is 10.5. The highest BCUT2D eigenvalue weighted by Gasteiger charge is 2.17. The zero-order valence-electron chi connectivity index (χ0n) is 18.7. The van der Waals surface area contributed by atoms with Gasteiger partial charge in [-0.15, -0.1) is 0 Å². The minimum absolute atomic E-state index is 0.161. The van der Waals surface area contributed by atoms with E-state index in [4.69, 9.17) is 9.47 Å². The summed E-state index contributed by atoms with van der Waals surface area (Å²) in [5, 5.41) is 2.77. The van der Waals surface area contributed by atoms with E-state index < -0.39 is 17.0 Å². The number of ether oxygens (including phenoxy) is 2. The number of benzene rings is 1. The summed E-state index contributed by atoms with van der Waals surface area (Å²) in [5.74, 6) is 0.756. The fraction of sp³-hybridized carbons (Fsp3) is 0.208. The van der Waals surface area contributed by atoms with Gasteiger partial charge in [0, 0.05) is 36.8 Å². The SMILES string of the molecule is COc1ccc(CNC(=O)Cn2c(=O)c(=O)n(Cc3ccncc3)c3ncccc32)c(OC)c1. The fourth-order valence-corrected chi connectivity index (χ4v) is 3.61. The van der Waals surface area contributed by atoms with E-state index >= 15 is 0 Å². The molecule has 0 spiro atoms. The predicted octanol–water partition coefficient (Wildman–Crippen LogP) is 1.34. The average Bonchev–Trinajstić information content (AvgIpc) is 2.88. The Bertz CT molecular complexity index is 1450. The quantitative estimate of drug-likeness (QED) is 0.394. The van der Waals surface area contributed by atoms with E-state index in [0.29, 0.717) is 22.7 Å². The number of rotatable bonds is 8. The lowest BCUT2D eigenvalue weighted by molar-refractivity contribution is -0.121. The normalized spacial score (nSPS) is 10.8. The fourth-order valence-electron chi connectivity index (χ4n) is 3.61. The van der Waals surface area contributed by atoms with Crippen molar-refractivity contribution in [3.63, 3.8) is 0 Å². The Morgan fingerprint density at radius 2 is 1.74 bits per heavy atom. The molecule has 0 radical (unpaired) electrons. The molecule has 1 N–H and O–H groups in total. The number of amides is 1. The monoisotopic (exact) mass is 461 g/mol. The van der Waals surface area contributed by atoms with Gasteiger partial charge < -0.3 is 14.8 Å². The van der Waals surface area contributed by atoms with Crippen molar-refractivity contribution in [3.05, 3.63) is 92.9 Å². The number of carbonyl (C=O) groups excluding carboxylic acids is 1. The van der Waals surface area contributed by atoms with Crippen LogP contribution >= 0.6 is 0 Å². The third kappa shape index (κ3) is 4.65. The number of nitrogens with zero attached hydrogens (tertiary/aromatic N) is 4. The molecule has 0 saturated heterocycles. The molecule has 0 aliphatic rings. The molecule has 0 aliphatic carbocycles. The molecular weight excluding hydrogens is 438 g/mol. The van der Waals surface area contributed by atoms with Gasteiger partial charge in [-0.25, -0.2) is 4.98 Å². The zero-order valence-corrected chi connectivity index (χ0v) is 18.7. The largest absolute Gasteiger partial charge is 0.497 e. The van der Waals surface area contributed by atoms with Crippen molar-refractivity contribution in [3.8, 4) is 11.5 Å². The molecule has 10 heteroatoms. The highest BCUT2D eigenvalue weighted by atomic mass is 16.5. The lowest BCUT2D eigenvalue weighted by Crippen LogP contribution is -2.44. The molecule has 0 unspecified atom stereocenters. The molecule has 0 fully saturated rings. The van der Waals surface area contributed by atoms with Crippen LogP contribution in [-0.2, 0) is 24.4 Å². The molecule has 0 bridgehead atoms. The van der Waals surface area contributed by atoms with Gasteiger partial charge in [-0.05, 0) is 42.0 Å². The van der Waals surface area contributed by atoms with E-state index in [1.165, 1.54) is 17.9 Å². The highest BCUT2D eigenvalue weighted by Crippen LogP contribution is 2.24. The van der Waals surface area contributed by atoms with Crippen LogP contribution < -0.4 is 25.9 Å². The standard InChI is InChI=1S/C24H23N5O5/c1-33-18-6-5-17(20(12-18)34-2)13-27-21(30)15-28-19-4-3-9-26-22(19)29(24(32)23(28)31)14-16-7-10-25-11-8-16/h3-12H,13-15H2,1-2H3,(H,27,30). The van der Waals surface area contributed by atoms with Gasteiger partial charge in [-0.2, -0.15) is 0 Å². The maximum atomic E-state index is 13.0. The van der Waals surface area contributed by atoms with Gasteiger partial charge in [0.1, 0.15) is 18.0 Å². The van der Waals surface area contributed by atoms with Crippen molar-refractivity contribution >= 4 is 17.1 Å². The first kappa shape index (κ1) is 22.7. The van der Waals surface area contributed by atoms with Gasteiger partial charge >= 0.3 is 11.1 Å². The first-order valence-electron chi connectivity index (χ1n) is 10.5. The molecule has 0 aliphatic heterocycles. The summed E-state index contributed by atoms with van der Waals surface area (Å²) in [6, 6.07) is 12.1. The molecule has 1 aromatic carbocycles. The molecule has 3 heterocycles. The first-order chi connectivity index (χ1) is 16.5. The lowest BCUT2D eigenvalue weighted by Gasteiger charge is -2.15. The molecule has 174 valence electrons. The van der Waals surface area contributed by atoms with Gasteiger partial charge in [0.25, 0.3) is 0 Å². The van der Waals surface area contributed by atoms with Crippen molar-refractivity contribution < 1.29 is 14.3 Å². The van der Waals surface area contributed by atoms with Crippen LogP contribution in [0.1, 0.15) is 11.1 Å². The summed E-state index contributed by atoms with van der Waals surface area (Å²) in [6.07, 6.45) is 4.76. The van der Waals surface area contributed by atoms with Crippen molar-refractivity contribution in [2.75, 3.05) is 14.2 Å². The summed E-state index contributed by atoms with van der Waals surface area (Å²) in [6.45, 7) is 0.00921. The average molecular weight is 461 g/mol. The predicted molar refractivity (Wildman–Crippen MR) is 125 cm³/mol. The third-order valence-electron chi connectivity index (χ3n) is 5.35. The minimum Gasteiger partial charge on any atom is -0.497 e. The van der Waals surface area contributed by atoms with Crippen LogP contribution in [0.25, 0.3) is 11.2 Å². The highest BCUT2D eigenvalue weighted by molar-refractivity contribution is 5.79. The molecule has 1 amide bonds. The second kappa shape index (κ2) is 9.99. The van der Waals surface area contributed by atoms with E-state index in [-0.39, 0.29) is 19.6 Å². The molecule has 0 atom stereocenters. The summed E-state index contributed by atoms with van der Waals surface area (Å²) < 4.78 is 13.0. The van der Waals surface area contributed by atoms with Crippen molar-refractivity contribution in [1.29, 1.82) is 0 Å². The molecular formula is C24H23N5O5. The van der Waals surface area contributed by atoms with Gasteiger partial charge in [0.2, 0.25) is 5.91 Å². The maximum absolute atomic E-state index is 13.0. The third-order valence-corrected chi connectivity index (χ3v) is 5.35. The Balaban J connectivity index is 1.61. The Morgan fingerprint density at radius 1 is 0.971 bits per heavy atom. The van der Waals surface area contributed by atoms with Gasteiger partial charge in [-0.1, -0.05) is 0 Å². The molecule has 34 heavy (non-hydrogen) atoms. The Kier molecular flexibility index (Phi) is 6.67. The summed E-state index contributed by atoms with van der Waals surface area (Å²) >= 11 is 0. The van der Waals surface area contributed by atoms with E-state index in [1.807, 2.05) is 0 Å². The van der Waals surface area contributed by atoms with Crippen LogP contribution in [0.5, 0.6) is 11.5 Å². The smallest absolute Gasteiger partial charge is 0.318 e. The summed E-state index contributed by atoms with van der Waals surface area (Å²) in [5.41, 5.74) is 0.682. The van der Waals surface area contributed by atoms with E-state index in [1.54, 1.807) is 62.0 Å². The van der Waals surface area contributed by atoms with E-state index in [2.05, 4.69) is 15.3 Å². The van der Waals surface area contributed by atoms with Crippen molar-refractivity contribution in [2.45, 2.75) is 19.6 Å². The van der Waals surface area contributed by atoms with Crippen LogP contribution in [0.4, 0.5) is 0 Å². The number of aromatic nitrogens is 4. The molecule has 4 rings (SSSR count). The minimum atomic E-state index is -0.799. The Morgan fingerprint density at radius 3 is 2.47 bits per heavy atom. The summed E-state index contributed by atoms with van der Waals surface area (Å²) in [7, 11) is 3.08. The van der Waals surface area contributed by atoms with Crippen LogP contribution in [-0.4, -0.2) is 39.2 Å². The molecule has 0 saturated carbocycles. The lowest BCUT2D eigenvalue weighted by atomic mass is 10.2. The Labute approximate surface area is 194 Å². The molecule has 4 aromatic rings. The number of pyridine rings is 2.